The Morgan fingerprint density at radius 2 is 2.00 bits per heavy atom. The van der Waals surface area contributed by atoms with Gasteiger partial charge in [0.25, 0.3) is 0 Å². The molecule has 1 atom stereocenters. The maximum absolute atomic E-state index is 11.6. The number of amides is 1. The zero-order chi connectivity index (χ0) is 15.3. The van der Waals surface area contributed by atoms with Crippen LogP contribution in [-0.4, -0.2) is 16.7 Å². The van der Waals surface area contributed by atoms with E-state index in [1.54, 1.807) is 6.20 Å². The molecule has 0 bridgehead atoms. The van der Waals surface area contributed by atoms with Crippen LogP contribution in [0.15, 0.2) is 18.3 Å². The van der Waals surface area contributed by atoms with E-state index in [1.807, 2.05) is 32.9 Å². The Bertz CT molecular complexity index is 450. The molecule has 0 aliphatic carbocycles. The molecule has 4 nitrogen and oxygen atoms in total. The van der Waals surface area contributed by atoms with Crippen molar-refractivity contribution < 1.29 is 9.53 Å². The largest absolute Gasteiger partial charge is 0.444 e. The fourth-order valence-electron chi connectivity index (χ4n) is 1.68. The van der Waals surface area contributed by atoms with Gasteiger partial charge in [0.1, 0.15) is 5.60 Å². The van der Waals surface area contributed by atoms with E-state index in [4.69, 9.17) is 4.74 Å². The molecule has 1 heterocycles. The summed E-state index contributed by atoms with van der Waals surface area (Å²) in [6.45, 7) is 12.5. The number of hydrogen-bond acceptors (Lipinski definition) is 3. The summed E-state index contributed by atoms with van der Waals surface area (Å²) in [7, 11) is 0. The summed E-state index contributed by atoms with van der Waals surface area (Å²) in [5.41, 5.74) is 1.62. The van der Waals surface area contributed by atoms with Gasteiger partial charge in [-0.2, -0.15) is 0 Å². The van der Waals surface area contributed by atoms with Crippen LogP contribution in [0.3, 0.4) is 0 Å². The summed E-state index contributed by atoms with van der Waals surface area (Å²) in [5, 5.41) is 2.76. The first-order chi connectivity index (χ1) is 9.19. The quantitative estimate of drug-likeness (QED) is 0.909. The number of alkyl carbamates (subject to hydrolysis) is 1. The first-order valence-corrected chi connectivity index (χ1v) is 7.10. The highest BCUT2D eigenvalue weighted by Gasteiger charge is 2.16. The number of nitrogens with one attached hydrogen (secondary N) is 1. The van der Waals surface area contributed by atoms with Gasteiger partial charge in [-0.25, -0.2) is 4.79 Å². The Kier molecular flexibility index (Phi) is 5.54. The van der Waals surface area contributed by atoms with E-state index in [-0.39, 0.29) is 0 Å². The summed E-state index contributed by atoms with van der Waals surface area (Å²) < 4.78 is 5.21. The number of pyridine rings is 1. The molecule has 0 saturated carbocycles. The normalized spacial score (nSPS) is 13.2. The Balaban J connectivity index is 2.61. The predicted molar refractivity (Wildman–Crippen MR) is 80.6 cm³/mol. The van der Waals surface area contributed by atoms with Crippen LogP contribution in [0.2, 0.25) is 0 Å². The number of nitrogens with zero attached hydrogens (tertiary/aromatic N) is 1. The van der Waals surface area contributed by atoms with Crippen molar-refractivity contribution in [2.24, 2.45) is 5.92 Å². The molecule has 1 aromatic heterocycles. The molecule has 0 aromatic carbocycles. The first kappa shape index (κ1) is 16.5. The van der Waals surface area contributed by atoms with Crippen molar-refractivity contribution in [3.63, 3.8) is 0 Å². The molecule has 4 heteroatoms. The van der Waals surface area contributed by atoms with Crippen molar-refractivity contribution in [1.29, 1.82) is 0 Å². The lowest BCUT2D eigenvalue weighted by Gasteiger charge is -2.20. The van der Waals surface area contributed by atoms with E-state index in [0.29, 0.717) is 18.4 Å². The second-order valence-corrected chi connectivity index (χ2v) is 6.48. The van der Waals surface area contributed by atoms with Gasteiger partial charge in [-0.15, -0.1) is 0 Å². The molecular formula is C16H26N2O2. The van der Waals surface area contributed by atoms with Crippen LogP contribution in [0.4, 0.5) is 4.79 Å². The third kappa shape index (κ3) is 5.59. The van der Waals surface area contributed by atoms with E-state index in [2.05, 4.69) is 31.1 Å². The van der Waals surface area contributed by atoms with Crippen molar-refractivity contribution in [2.45, 2.75) is 59.6 Å². The Morgan fingerprint density at radius 1 is 1.35 bits per heavy atom. The molecule has 20 heavy (non-hydrogen) atoms. The number of carbonyl (C=O) groups excluding carboxylic acids is 1. The molecule has 0 saturated heterocycles. The number of aromatic nitrogens is 1. The SMILES string of the molecule is CC(C)C(C)c1cc(CNC(=O)OC(C)(C)C)ccn1. The monoisotopic (exact) mass is 278 g/mol. The van der Waals surface area contributed by atoms with E-state index in [1.165, 1.54) is 0 Å². The maximum atomic E-state index is 11.6. The van der Waals surface area contributed by atoms with Crippen LogP contribution in [0.1, 0.15) is 58.7 Å². The third-order valence-electron chi connectivity index (χ3n) is 3.15. The molecule has 0 aliphatic heterocycles. The van der Waals surface area contributed by atoms with Crippen LogP contribution < -0.4 is 5.32 Å². The van der Waals surface area contributed by atoms with Crippen molar-refractivity contribution in [2.75, 3.05) is 0 Å². The molecule has 1 N–H and O–H groups in total. The van der Waals surface area contributed by atoms with E-state index in [0.717, 1.165) is 11.3 Å². The maximum Gasteiger partial charge on any atom is 0.407 e. The van der Waals surface area contributed by atoms with Gasteiger partial charge in [0, 0.05) is 24.4 Å². The predicted octanol–water partition coefficient (Wildman–Crippen LogP) is 3.87. The minimum Gasteiger partial charge on any atom is -0.444 e. The summed E-state index contributed by atoms with van der Waals surface area (Å²) in [6, 6.07) is 3.95. The van der Waals surface area contributed by atoms with Gasteiger partial charge in [0.05, 0.1) is 0 Å². The summed E-state index contributed by atoms with van der Waals surface area (Å²) in [4.78, 5) is 16.0. The first-order valence-electron chi connectivity index (χ1n) is 7.10. The highest BCUT2D eigenvalue weighted by molar-refractivity contribution is 5.67. The zero-order valence-corrected chi connectivity index (χ0v) is 13.4. The smallest absolute Gasteiger partial charge is 0.407 e. The molecule has 112 valence electrons. The Morgan fingerprint density at radius 3 is 2.55 bits per heavy atom. The summed E-state index contributed by atoms with van der Waals surface area (Å²) in [6.07, 6.45) is 1.40. The second-order valence-electron chi connectivity index (χ2n) is 6.48. The minimum absolute atomic E-state index is 0.396. The van der Waals surface area contributed by atoms with Gasteiger partial charge < -0.3 is 10.1 Å². The molecule has 1 amide bonds. The van der Waals surface area contributed by atoms with Crippen LogP contribution in [0.5, 0.6) is 0 Å². The van der Waals surface area contributed by atoms with Gasteiger partial charge in [-0.05, 0) is 44.4 Å². The average molecular weight is 278 g/mol. The van der Waals surface area contributed by atoms with Gasteiger partial charge in [-0.1, -0.05) is 20.8 Å². The molecule has 0 fully saturated rings. The average Bonchev–Trinajstić information content (AvgIpc) is 2.33. The molecule has 1 unspecified atom stereocenters. The lowest BCUT2D eigenvalue weighted by Crippen LogP contribution is -2.32. The van der Waals surface area contributed by atoms with Crippen LogP contribution >= 0.6 is 0 Å². The van der Waals surface area contributed by atoms with Crippen LogP contribution in [-0.2, 0) is 11.3 Å². The van der Waals surface area contributed by atoms with Crippen molar-refractivity contribution in [3.8, 4) is 0 Å². The molecule has 0 aliphatic rings. The summed E-state index contributed by atoms with van der Waals surface area (Å²) in [5.74, 6) is 0.938. The number of ether oxygens (including phenoxy) is 1. The number of rotatable bonds is 4. The van der Waals surface area contributed by atoms with E-state index < -0.39 is 11.7 Å². The second kappa shape index (κ2) is 6.73. The van der Waals surface area contributed by atoms with Crippen molar-refractivity contribution in [3.05, 3.63) is 29.6 Å². The van der Waals surface area contributed by atoms with Gasteiger partial charge in [0.2, 0.25) is 0 Å². The fraction of sp³-hybridized carbons (Fsp3) is 0.625. The Labute approximate surface area is 121 Å². The van der Waals surface area contributed by atoms with Crippen molar-refractivity contribution >= 4 is 6.09 Å². The molecular weight excluding hydrogens is 252 g/mol. The molecule has 0 radical (unpaired) electrons. The molecule has 1 rings (SSSR count). The fourth-order valence-corrected chi connectivity index (χ4v) is 1.68. The van der Waals surface area contributed by atoms with Gasteiger partial charge >= 0.3 is 6.09 Å². The topological polar surface area (TPSA) is 51.2 Å². The van der Waals surface area contributed by atoms with E-state index in [9.17, 15) is 4.79 Å². The standard InChI is InChI=1S/C16H26N2O2/c1-11(2)12(3)14-9-13(7-8-17-14)10-18-15(19)20-16(4,5)6/h7-9,11-12H,10H2,1-6H3,(H,18,19). The third-order valence-corrected chi connectivity index (χ3v) is 3.15. The van der Waals surface area contributed by atoms with E-state index >= 15 is 0 Å². The highest BCUT2D eigenvalue weighted by atomic mass is 16.6. The van der Waals surface area contributed by atoms with Gasteiger partial charge in [-0.3, -0.25) is 4.98 Å². The van der Waals surface area contributed by atoms with Crippen molar-refractivity contribution in [1.82, 2.24) is 10.3 Å². The molecule has 0 spiro atoms. The summed E-state index contributed by atoms with van der Waals surface area (Å²) >= 11 is 0. The lowest BCUT2D eigenvalue weighted by atomic mass is 9.93. The van der Waals surface area contributed by atoms with Crippen LogP contribution in [0.25, 0.3) is 0 Å². The van der Waals surface area contributed by atoms with Crippen LogP contribution in [0, 0.1) is 5.92 Å². The highest BCUT2D eigenvalue weighted by Crippen LogP contribution is 2.22. The Hall–Kier alpha value is -1.58. The lowest BCUT2D eigenvalue weighted by molar-refractivity contribution is 0.0523. The number of carbonyl (C=O) groups is 1. The van der Waals surface area contributed by atoms with Gasteiger partial charge in [0.15, 0.2) is 0 Å². The number of hydrogen-bond donors (Lipinski definition) is 1. The minimum atomic E-state index is -0.473. The zero-order valence-electron chi connectivity index (χ0n) is 13.4. The molecule has 1 aromatic rings.